The van der Waals surface area contributed by atoms with E-state index in [0.29, 0.717) is 12.2 Å². The van der Waals surface area contributed by atoms with Crippen LogP contribution in [0.15, 0.2) is 11.6 Å². The molecule has 0 spiro atoms. The Hall–Kier alpha value is -0.300. The molecule has 1 heteroatoms. The van der Waals surface area contributed by atoms with Crippen LogP contribution in [0.2, 0.25) is 0 Å². The van der Waals surface area contributed by atoms with Gasteiger partial charge in [0.2, 0.25) is 0 Å². The fraction of sp³-hybridized carbons (Fsp3) is 0.833. The highest BCUT2D eigenvalue weighted by atomic mass is 16.5. The minimum atomic E-state index is 0.213. The van der Waals surface area contributed by atoms with Crippen LogP contribution in [0.25, 0.3) is 0 Å². The van der Waals surface area contributed by atoms with Crippen LogP contribution in [0, 0.1) is 5.41 Å². The Labute approximate surface area is 82.2 Å². The first-order chi connectivity index (χ1) is 5.98. The van der Waals surface area contributed by atoms with Crippen LogP contribution in [0.1, 0.15) is 47.5 Å². The van der Waals surface area contributed by atoms with Gasteiger partial charge >= 0.3 is 0 Å². The molecule has 1 rings (SSSR count). The highest BCUT2D eigenvalue weighted by Crippen LogP contribution is 2.37. The van der Waals surface area contributed by atoms with E-state index in [1.165, 1.54) is 12.0 Å². The fourth-order valence-electron chi connectivity index (χ4n) is 1.72. The van der Waals surface area contributed by atoms with E-state index in [9.17, 15) is 0 Å². The molecule has 2 atom stereocenters. The minimum Gasteiger partial charge on any atom is -0.370 e. The van der Waals surface area contributed by atoms with E-state index in [0.717, 1.165) is 6.42 Å². The lowest BCUT2D eigenvalue weighted by atomic mass is 9.77. The van der Waals surface area contributed by atoms with Gasteiger partial charge in [-0.15, -0.1) is 0 Å². The molecule has 0 aromatic carbocycles. The predicted molar refractivity (Wildman–Crippen MR) is 56.8 cm³/mol. The molecule has 0 bridgehead atoms. The highest BCUT2D eigenvalue weighted by Gasteiger charge is 2.33. The fourth-order valence-corrected chi connectivity index (χ4v) is 1.72. The van der Waals surface area contributed by atoms with Crippen molar-refractivity contribution in [3.63, 3.8) is 0 Å². The Morgan fingerprint density at radius 3 is 2.54 bits per heavy atom. The van der Waals surface area contributed by atoms with Crippen LogP contribution in [0.5, 0.6) is 0 Å². The lowest BCUT2D eigenvalue weighted by Crippen LogP contribution is -2.38. The third kappa shape index (κ3) is 2.14. The van der Waals surface area contributed by atoms with Crippen LogP contribution in [0.4, 0.5) is 0 Å². The lowest BCUT2D eigenvalue weighted by molar-refractivity contribution is -0.0469. The number of hydrogen-bond acceptors (Lipinski definition) is 1. The van der Waals surface area contributed by atoms with Gasteiger partial charge in [-0.3, -0.25) is 0 Å². The van der Waals surface area contributed by atoms with Gasteiger partial charge in [0.1, 0.15) is 0 Å². The molecule has 0 amide bonds. The molecule has 0 saturated heterocycles. The van der Waals surface area contributed by atoms with Crippen LogP contribution >= 0.6 is 0 Å². The van der Waals surface area contributed by atoms with Crippen LogP contribution in [-0.4, -0.2) is 12.2 Å². The molecule has 0 aromatic heterocycles. The molecule has 0 N–H and O–H groups in total. The van der Waals surface area contributed by atoms with Crippen molar-refractivity contribution in [2.45, 2.75) is 59.7 Å². The first kappa shape index (κ1) is 10.8. The molecule has 1 heterocycles. The zero-order valence-electron chi connectivity index (χ0n) is 9.55. The summed E-state index contributed by atoms with van der Waals surface area (Å²) in [6, 6.07) is 0. The lowest BCUT2D eigenvalue weighted by Gasteiger charge is -2.39. The Bertz CT molecular complexity index is 203. The SMILES string of the molecule is CCCC1C=C(C)C(C)(C)C(C)O1. The average molecular weight is 182 g/mol. The van der Waals surface area contributed by atoms with Crippen molar-refractivity contribution in [2.24, 2.45) is 5.41 Å². The molecular formula is C12H22O. The third-order valence-corrected chi connectivity index (χ3v) is 3.42. The number of rotatable bonds is 2. The van der Waals surface area contributed by atoms with Crippen LogP contribution < -0.4 is 0 Å². The topological polar surface area (TPSA) is 9.23 Å². The summed E-state index contributed by atoms with van der Waals surface area (Å²) >= 11 is 0. The van der Waals surface area contributed by atoms with E-state index < -0.39 is 0 Å². The van der Waals surface area contributed by atoms with E-state index in [-0.39, 0.29) is 5.41 Å². The van der Waals surface area contributed by atoms with Gasteiger partial charge < -0.3 is 4.74 Å². The van der Waals surface area contributed by atoms with Crippen molar-refractivity contribution in [3.8, 4) is 0 Å². The van der Waals surface area contributed by atoms with E-state index in [2.05, 4.69) is 40.7 Å². The predicted octanol–water partition coefficient (Wildman–Crippen LogP) is 3.55. The summed E-state index contributed by atoms with van der Waals surface area (Å²) in [5.74, 6) is 0. The second kappa shape index (κ2) is 3.83. The van der Waals surface area contributed by atoms with Gasteiger partial charge in [-0.25, -0.2) is 0 Å². The first-order valence-corrected chi connectivity index (χ1v) is 5.32. The first-order valence-electron chi connectivity index (χ1n) is 5.32. The summed E-state index contributed by atoms with van der Waals surface area (Å²) in [7, 11) is 0. The van der Waals surface area contributed by atoms with Gasteiger partial charge in [0, 0.05) is 5.41 Å². The summed E-state index contributed by atoms with van der Waals surface area (Å²) in [6.07, 6.45) is 5.34. The van der Waals surface area contributed by atoms with Gasteiger partial charge in [0.05, 0.1) is 12.2 Å². The van der Waals surface area contributed by atoms with E-state index in [1.807, 2.05) is 0 Å². The molecular weight excluding hydrogens is 160 g/mol. The maximum Gasteiger partial charge on any atom is 0.0762 e. The molecule has 1 nitrogen and oxygen atoms in total. The Morgan fingerprint density at radius 1 is 1.46 bits per heavy atom. The molecule has 0 saturated carbocycles. The number of ether oxygens (including phenoxy) is 1. The highest BCUT2D eigenvalue weighted by molar-refractivity contribution is 5.16. The summed E-state index contributed by atoms with van der Waals surface area (Å²) in [6.45, 7) is 11.1. The standard InChI is InChI=1S/C12H22O/c1-6-7-11-8-9(2)12(4,5)10(3)13-11/h8,10-11H,6-7H2,1-5H3. The summed E-state index contributed by atoms with van der Waals surface area (Å²) in [5.41, 5.74) is 1.69. The Kier molecular flexibility index (Phi) is 3.18. The van der Waals surface area contributed by atoms with Gasteiger partial charge in [0.25, 0.3) is 0 Å². The zero-order chi connectivity index (χ0) is 10.1. The molecule has 1 aliphatic heterocycles. The van der Waals surface area contributed by atoms with Gasteiger partial charge in [-0.1, -0.05) is 38.8 Å². The van der Waals surface area contributed by atoms with Crippen molar-refractivity contribution < 1.29 is 4.74 Å². The van der Waals surface area contributed by atoms with E-state index in [4.69, 9.17) is 4.74 Å². The average Bonchev–Trinajstić information content (AvgIpc) is 2.02. The second-order valence-corrected chi connectivity index (χ2v) is 4.68. The largest absolute Gasteiger partial charge is 0.370 e. The Morgan fingerprint density at radius 2 is 2.08 bits per heavy atom. The normalized spacial score (nSPS) is 32.8. The van der Waals surface area contributed by atoms with Gasteiger partial charge in [0.15, 0.2) is 0 Å². The third-order valence-electron chi connectivity index (χ3n) is 3.42. The van der Waals surface area contributed by atoms with Crippen molar-refractivity contribution in [3.05, 3.63) is 11.6 Å². The monoisotopic (exact) mass is 182 g/mol. The molecule has 0 fully saturated rings. The van der Waals surface area contributed by atoms with Crippen molar-refractivity contribution in [1.82, 2.24) is 0 Å². The summed E-state index contributed by atoms with van der Waals surface area (Å²) in [4.78, 5) is 0. The van der Waals surface area contributed by atoms with Crippen molar-refractivity contribution in [1.29, 1.82) is 0 Å². The van der Waals surface area contributed by atoms with E-state index in [1.54, 1.807) is 0 Å². The molecule has 0 radical (unpaired) electrons. The van der Waals surface area contributed by atoms with E-state index >= 15 is 0 Å². The quantitative estimate of drug-likeness (QED) is 0.593. The second-order valence-electron chi connectivity index (χ2n) is 4.68. The smallest absolute Gasteiger partial charge is 0.0762 e. The van der Waals surface area contributed by atoms with Crippen LogP contribution in [0.3, 0.4) is 0 Å². The molecule has 0 aromatic rings. The molecule has 1 aliphatic rings. The van der Waals surface area contributed by atoms with Crippen molar-refractivity contribution >= 4 is 0 Å². The summed E-state index contributed by atoms with van der Waals surface area (Å²) in [5, 5.41) is 0. The Balaban J connectivity index is 2.76. The minimum absolute atomic E-state index is 0.213. The summed E-state index contributed by atoms with van der Waals surface area (Å²) < 4.78 is 5.94. The molecule has 13 heavy (non-hydrogen) atoms. The van der Waals surface area contributed by atoms with Crippen molar-refractivity contribution in [2.75, 3.05) is 0 Å². The molecule has 2 unspecified atom stereocenters. The number of hydrogen-bond donors (Lipinski definition) is 0. The van der Waals surface area contributed by atoms with Crippen LogP contribution in [-0.2, 0) is 4.74 Å². The molecule has 0 aliphatic carbocycles. The molecule has 76 valence electrons. The van der Waals surface area contributed by atoms with Gasteiger partial charge in [-0.2, -0.15) is 0 Å². The zero-order valence-corrected chi connectivity index (χ0v) is 9.55. The maximum atomic E-state index is 5.94. The maximum absolute atomic E-state index is 5.94. The van der Waals surface area contributed by atoms with Gasteiger partial charge in [-0.05, 0) is 20.3 Å².